The van der Waals surface area contributed by atoms with Crippen molar-refractivity contribution >= 4 is 28.1 Å². The van der Waals surface area contributed by atoms with E-state index in [1.807, 2.05) is 42.8 Å². The van der Waals surface area contributed by atoms with Crippen LogP contribution in [0.1, 0.15) is 25.5 Å². The topological polar surface area (TPSA) is 68.7 Å². The summed E-state index contributed by atoms with van der Waals surface area (Å²) in [5, 5.41) is 15.8. The number of hydrogen-bond donors (Lipinski definition) is 2. The fraction of sp³-hybridized carbons (Fsp3) is 0.444. The molecule has 1 aliphatic heterocycles. The second kappa shape index (κ2) is 7.95. The van der Waals surface area contributed by atoms with Crippen molar-refractivity contribution in [1.82, 2.24) is 9.88 Å². The number of aliphatic hydroxyl groups excluding tert-OH is 1. The molecule has 2 N–H and O–H groups in total. The van der Waals surface area contributed by atoms with Crippen molar-refractivity contribution in [2.75, 3.05) is 36.4 Å². The Morgan fingerprint density at radius 1 is 1.24 bits per heavy atom. The number of aromatic nitrogens is 1. The van der Waals surface area contributed by atoms with Crippen LogP contribution in [0.2, 0.25) is 0 Å². The van der Waals surface area contributed by atoms with Gasteiger partial charge in [0.1, 0.15) is 0 Å². The average Bonchev–Trinajstić information content (AvgIpc) is 3.16. The Hall–Kier alpha value is -1.96. The largest absolute Gasteiger partial charge is 0.389 e. The van der Waals surface area contributed by atoms with E-state index in [4.69, 9.17) is 0 Å². The van der Waals surface area contributed by atoms with Gasteiger partial charge in [-0.05, 0) is 19.9 Å². The minimum atomic E-state index is -0.617. The van der Waals surface area contributed by atoms with E-state index < -0.39 is 6.10 Å². The molecule has 1 amide bonds. The molecule has 2 heterocycles. The van der Waals surface area contributed by atoms with Crippen LogP contribution < -0.4 is 10.2 Å². The molecule has 6 nitrogen and oxygen atoms in total. The minimum Gasteiger partial charge on any atom is -0.389 e. The molecule has 0 radical (unpaired) electrons. The van der Waals surface area contributed by atoms with Gasteiger partial charge in [-0.1, -0.05) is 18.2 Å². The van der Waals surface area contributed by atoms with Gasteiger partial charge >= 0.3 is 0 Å². The highest BCUT2D eigenvalue weighted by Gasteiger charge is 2.26. The number of benzene rings is 1. The fourth-order valence-corrected chi connectivity index (χ4v) is 3.75. The molecule has 1 aromatic carbocycles. The third-order valence-electron chi connectivity index (χ3n) is 4.60. The highest BCUT2D eigenvalue weighted by atomic mass is 32.1. The molecule has 2 atom stereocenters. The van der Waals surface area contributed by atoms with Crippen LogP contribution in [0.15, 0.2) is 35.8 Å². The normalized spacial score (nSPS) is 18.0. The van der Waals surface area contributed by atoms with E-state index in [9.17, 15) is 9.90 Å². The SMILES string of the molecule is C[C@H](O)c1ccccc1NC(=O)[C@@H](C)N1CCN(c2nccs2)CC1. The number of nitrogens with zero attached hydrogens (tertiary/aromatic N) is 3. The Labute approximate surface area is 152 Å². The van der Waals surface area contributed by atoms with Crippen LogP contribution in [0.3, 0.4) is 0 Å². The number of amides is 1. The summed E-state index contributed by atoms with van der Waals surface area (Å²) in [7, 11) is 0. The van der Waals surface area contributed by atoms with Crippen molar-refractivity contribution in [3.8, 4) is 0 Å². The Morgan fingerprint density at radius 2 is 1.96 bits per heavy atom. The van der Waals surface area contributed by atoms with Gasteiger partial charge in [0, 0.05) is 49.0 Å². The first-order valence-corrected chi connectivity index (χ1v) is 9.40. The average molecular weight is 360 g/mol. The Balaban J connectivity index is 1.58. The van der Waals surface area contributed by atoms with Crippen molar-refractivity contribution in [3.63, 3.8) is 0 Å². The van der Waals surface area contributed by atoms with Gasteiger partial charge in [-0.2, -0.15) is 0 Å². The van der Waals surface area contributed by atoms with Crippen molar-refractivity contribution in [2.24, 2.45) is 0 Å². The molecule has 0 aliphatic carbocycles. The summed E-state index contributed by atoms with van der Waals surface area (Å²) < 4.78 is 0. The summed E-state index contributed by atoms with van der Waals surface area (Å²) in [4.78, 5) is 21.4. The van der Waals surface area contributed by atoms with E-state index in [0.29, 0.717) is 5.69 Å². The predicted octanol–water partition coefficient (Wildman–Crippen LogP) is 2.35. The van der Waals surface area contributed by atoms with Gasteiger partial charge in [0.2, 0.25) is 5.91 Å². The fourth-order valence-electron chi connectivity index (χ4n) is 3.05. The number of hydrogen-bond acceptors (Lipinski definition) is 6. The molecule has 134 valence electrons. The molecule has 0 spiro atoms. The van der Waals surface area contributed by atoms with Gasteiger partial charge in [-0.15, -0.1) is 11.3 Å². The quantitative estimate of drug-likeness (QED) is 0.857. The van der Waals surface area contributed by atoms with Gasteiger partial charge in [-0.25, -0.2) is 4.98 Å². The lowest BCUT2D eigenvalue weighted by molar-refractivity contribution is -0.120. The number of nitrogens with one attached hydrogen (secondary N) is 1. The van der Waals surface area contributed by atoms with E-state index in [1.165, 1.54) is 0 Å². The van der Waals surface area contributed by atoms with Crippen LogP contribution in [0.25, 0.3) is 0 Å². The van der Waals surface area contributed by atoms with Crippen molar-refractivity contribution < 1.29 is 9.90 Å². The zero-order valence-electron chi connectivity index (χ0n) is 14.6. The number of thiazole rings is 1. The van der Waals surface area contributed by atoms with E-state index in [0.717, 1.165) is 36.9 Å². The molecular weight excluding hydrogens is 336 g/mol. The summed E-state index contributed by atoms with van der Waals surface area (Å²) in [6, 6.07) is 7.16. The molecule has 1 aliphatic rings. The van der Waals surface area contributed by atoms with E-state index >= 15 is 0 Å². The van der Waals surface area contributed by atoms with Crippen LogP contribution in [0.4, 0.5) is 10.8 Å². The lowest BCUT2D eigenvalue weighted by atomic mass is 10.1. The lowest BCUT2D eigenvalue weighted by Gasteiger charge is -2.37. The van der Waals surface area contributed by atoms with Crippen LogP contribution in [0, 0.1) is 0 Å². The second-order valence-electron chi connectivity index (χ2n) is 6.27. The van der Waals surface area contributed by atoms with Crippen LogP contribution in [-0.4, -0.2) is 53.1 Å². The van der Waals surface area contributed by atoms with Crippen molar-refractivity contribution in [3.05, 3.63) is 41.4 Å². The summed E-state index contributed by atoms with van der Waals surface area (Å²) in [5.41, 5.74) is 1.41. The monoisotopic (exact) mass is 360 g/mol. The number of anilines is 2. The number of aliphatic hydroxyl groups is 1. The van der Waals surface area contributed by atoms with Gasteiger partial charge in [0.15, 0.2) is 5.13 Å². The maximum absolute atomic E-state index is 12.6. The van der Waals surface area contributed by atoms with Gasteiger partial charge in [0.05, 0.1) is 12.1 Å². The minimum absolute atomic E-state index is 0.0456. The molecule has 0 unspecified atom stereocenters. The summed E-state index contributed by atoms with van der Waals surface area (Å²) in [6.45, 7) is 7.02. The van der Waals surface area contributed by atoms with Crippen molar-refractivity contribution in [1.29, 1.82) is 0 Å². The van der Waals surface area contributed by atoms with Crippen molar-refractivity contribution in [2.45, 2.75) is 26.0 Å². The second-order valence-corrected chi connectivity index (χ2v) is 7.14. The maximum Gasteiger partial charge on any atom is 0.241 e. The predicted molar refractivity (Wildman–Crippen MR) is 101 cm³/mol. The van der Waals surface area contributed by atoms with Crippen LogP contribution >= 0.6 is 11.3 Å². The molecule has 1 fully saturated rings. The zero-order chi connectivity index (χ0) is 17.8. The third-order valence-corrected chi connectivity index (χ3v) is 5.43. The molecule has 0 bridgehead atoms. The smallest absolute Gasteiger partial charge is 0.241 e. The zero-order valence-corrected chi connectivity index (χ0v) is 15.4. The first-order valence-electron chi connectivity index (χ1n) is 8.52. The molecule has 7 heteroatoms. The van der Waals surface area contributed by atoms with E-state index in [2.05, 4.69) is 20.1 Å². The molecule has 3 rings (SSSR count). The van der Waals surface area contributed by atoms with E-state index in [-0.39, 0.29) is 11.9 Å². The first-order chi connectivity index (χ1) is 12.1. The molecule has 1 saturated heterocycles. The number of carbonyl (C=O) groups is 1. The molecule has 0 saturated carbocycles. The summed E-state index contributed by atoms with van der Waals surface area (Å²) in [6.07, 6.45) is 1.20. The third kappa shape index (κ3) is 4.18. The Morgan fingerprint density at radius 3 is 2.60 bits per heavy atom. The van der Waals surface area contributed by atoms with Crippen LogP contribution in [-0.2, 0) is 4.79 Å². The first kappa shape index (κ1) is 17.8. The Kier molecular flexibility index (Phi) is 5.67. The lowest BCUT2D eigenvalue weighted by Crippen LogP contribution is -2.52. The molecular formula is C18H24N4O2S. The summed E-state index contributed by atoms with van der Waals surface area (Å²) >= 11 is 1.64. The van der Waals surface area contributed by atoms with Gasteiger partial charge < -0.3 is 15.3 Å². The number of piperazine rings is 1. The van der Waals surface area contributed by atoms with E-state index in [1.54, 1.807) is 18.3 Å². The number of para-hydroxylation sites is 1. The number of carbonyl (C=O) groups excluding carboxylic acids is 1. The van der Waals surface area contributed by atoms with Crippen LogP contribution in [0.5, 0.6) is 0 Å². The highest BCUT2D eigenvalue weighted by molar-refractivity contribution is 7.13. The van der Waals surface area contributed by atoms with Gasteiger partial charge in [-0.3, -0.25) is 9.69 Å². The maximum atomic E-state index is 12.6. The number of rotatable bonds is 5. The summed E-state index contributed by atoms with van der Waals surface area (Å²) in [5.74, 6) is -0.0456. The Bertz CT molecular complexity index is 697. The molecule has 25 heavy (non-hydrogen) atoms. The molecule has 1 aromatic heterocycles. The highest BCUT2D eigenvalue weighted by Crippen LogP contribution is 2.23. The molecule has 2 aromatic rings. The standard InChI is InChI=1S/C18H24N4O2S/c1-13(17(24)20-16-6-4-3-5-15(16)14(2)23)21-8-10-22(11-9-21)18-19-7-12-25-18/h3-7,12-14,23H,8-11H2,1-2H3,(H,20,24)/t13-,14+/m1/s1. The van der Waals surface area contributed by atoms with Gasteiger partial charge in [0.25, 0.3) is 0 Å².